The van der Waals surface area contributed by atoms with Crippen LogP contribution in [0.4, 0.5) is 0 Å². The van der Waals surface area contributed by atoms with Gasteiger partial charge in [0, 0.05) is 136 Å². The average Bonchev–Trinajstić information content (AvgIpc) is 4.24. The Bertz CT molecular complexity index is 3110. The summed E-state index contributed by atoms with van der Waals surface area (Å²) in [5, 5.41) is 3.30. The predicted octanol–water partition coefficient (Wildman–Crippen LogP) is 14.7. The van der Waals surface area contributed by atoms with Crippen molar-refractivity contribution in [1.82, 2.24) is 45.2 Å². The Balaban J connectivity index is 0.000000194. The first-order chi connectivity index (χ1) is 37.1. The van der Waals surface area contributed by atoms with E-state index in [1.54, 1.807) is 0 Å². The number of fused-ring (bicyclic) bond motifs is 16. The fourth-order valence-corrected chi connectivity index (χ4v) is 11.5. The Hall–Kier alpha value is -6.82. The summed E-state index contributed by atoms with van der Waals surface area (Å²) in [6, 6.07) is 35.1. The average molecular weight is 1080 g/mol. The summed E-state index contributed by atoms with van der Waals surface area (Å²) in [5.74, 6) is -0.105. The van der Waals surface area contributed by atoms with Crippen molar-refractivity contribution in [3.05, 3.63) is 188 Å². The third-order valence-electron chi connectivity index (χ3n) is 20.0. The third kappa shape index (κ3) is 9.59. The van der Waals surface area contributed by atoms with E-state index in [1.165, 1.54) is 11.4 Å². The first-order valence-corrected chi connectivity index (χ1v) is 29.1. The maximum atomic E-state index is 13.2. The highest BCUT2D eigenvalue weighted by molar-refractivity contribution is 5.82. The molecule has 10 heterocycles. The maximum Gasteiger partial charge on any atom is 0.311 e. The monoisotopic (exact) mass is 1080 g/mol. The summed E-state index contributed by atoms with van der Waals surface area (Å²) < 4.78 is 6.06. The summed E-state index contributed by atoms with van der Waals surface area (Å²) >= 11 is 0. The largest absolute Gasteiger partial charge is 0.464 e. The zero-order valence-corrected chi connectivity index (χ0v) is 51.8. The minimum atomic E-state index is -0.608. The number of hydrogen-bond donors (Lipinski definition) is 9. The second-order valence-electron chi connectivity index (χ2n) is 28.4. The van der Waals surface area contributed by atoms with Gasteiger partial charge < -0.3 is 49.9 Å². The molecule has 0 radical (unpaired) electrons. The number of carbonyl (C=O) groups is 2. The van der Waals surface area contributed by atoms with Crippen molar-refractivity contribution in [2.24, 2.45) is 10.8 Å². The van der Waals surface area contributed by atoms with Gasteiger partial charge in [-0.2, -0.15) is 0 Å². The Morgan fingerprint density at radius 2 is 0.550 bits per heavy atom. The molecule has 8 aromatic heterocycles. The van der Waals surface area contributed by atoms with Crippen molar-refractivity contribution in [3.8, 4) is 0 Å². The van der Waals surface area contributed by atoms with Crippen LogP contribution in [0.5, 0.6) is 0 Å². The van der Waals surface area contributed by atoms with Crippen LogP contribution in [-0.2, 0) is 57.6 Å². The normalized spacial score (nSPS) is 18.9. The Kier molecular flexibility index (Phi) is 14.1. The van der Waals surface area contributed by atoms with E-state index in [2.05, 4.69) is 246 Å². The Morgan fingerprint density at radius 1 is 0.350 bits per heavy atom. The van der Waals surface area contributed by atoms with Crippen LogP contribution in [0.2, 0.25) is 0 Å². The van der Waals surface area contributed by atoms with E-state index in [1.807, 2.05) is 34.6 Å². The van der Waals surface area contributed by atoms with Crippen molar-refractivity contribution >= 4 is 11.9 Å². The summed E-state index contributed by atoms with van der Waals surface area (Å²) in [7, 11) is 0. The number of carbonyl (C=O) groups excluding carboxylic acids is 2. The van der Waals surface area contributed by atoms with Gasteiger partial charge in [0.15, 0.2) is 0 Å². The number of aromatic amines is 8. The first-order valence-electron chi connectivity index (χ1n) is 29.1. The van der Waals surface area contributed by atoms with Crippen molar-refractivity contribution in [3.63, 3.8) is 0 Å². The molecule has 16 bridgehead atoms. The van der Waals surface area contributed by atoms with Gasteiger partial charge in [0.1, 0.15) is 6.61 Å². The molecule has 0 unspecified atom stereocenters. The summed E-state index contributed by atoms with van der Waals surface area (Å²) in [5.41, 5.74) is 14.2. The molecule has 12 nitrogen and oxygen atoms in total. The fourth-order valence-electron chi connectivity index (χ4n) is 11.5. The van der Waals surface area contributed by atoms with E-state index in [9.17, 15) is 9.59 Å². The molecule has 10 rings (SSSR count). The van der Waals surface area contributed by atoms with E-state index < -0.39 is 21.7 Å². The van der Waals surface area contributed by atoms with Crippen molar-refractivity contribution < 1.29 is 14.3 Å². The molecule has 0 atom stereocenters. The number of hydrogen-bond acceptors (Lipinski definition) is 3. The molecule has 0 spiro atoms. The molecule has 0 saturated carbocycles. The molecular weight excluding hydrogens is 991 g/mol. The lowest BCUT2D eigenvalue weighted by Crippen LogP contribution is -2.45. The van der Waals surface area contributed by atoms with Gasteiger partial charge in [-0.1, -0.05) is 27.7 Å². The second kappa shape index (κ2) is 19.4. The van der Waals surface area contributed by atoms with Crippen LogP contribution in [0.25, 0.3) is 0 Å². The number of aromatic nitrogens is 8. The number of esters is 1. The minimum absolute atomic E-state index is 0.0723. The molecule has 2 aliphatic rings. The van der Waals surface area contributed by atoms with Gasteiger partial charge >= 0.3 is 5.97 Å². The van der Waals surface area contributed by atoms with Crippen LogP contribution >= 0.6 is 0 Å². The lowest BCUT2D eigenvalue weighted by Gasteiger charge is -2.32. The summed E-state index contributed by atoms with van der Waals surface area (Å²) in [6.45, 7) is 44.0. The number of rotatable bonds is 8. The van der Waals surface area contributed by atoms with Crippen LogP contribution < -0.4 is 5.32 Å². The van der Waals surface area contributed by atoms with Gasteiger partial charge in [-0.15, -0.1) is 0 Å². The highest BCUT2D eigenvalue weighted by Gasteiger charge is 2.42. The zero-order valence-electron chi connectivity index (χ0n) is 51.8. The number of H-pyrrole nitrogens is 8. The molecule has 8 aromatic rings. The van der Waals surface area contributed by atoms with Gasteiger partial charge in [0.25, 0.3) is 0 Å². The first kappa shape index (κ1) is 57.9. The van der Waals surface area contributed by atoms with E-state index in [0.717, 1.165) is 92.6 Å². The van der Waals surface area contributed by atoms with E-state index in [4.69, 9.17) is 4.74 Å². The molecule has 9 N–H and O–H groups in total. The van der Waals surface area contributed by atoms with Crippen molar-refractivity contribution in [2.45, 2.75) is 195 Å². The lowest BCUT2D eigenvalue weighted by atomic mass is 9.82. The van der Waals surface area contributed by atoms with Crippen molar-refractivity contribution in [1.29, 1.82) is 0 Å². The van der Waals surface area contributed by atoms with Gasteiger partial charge in [0.2, 0.25) is 5.91 Å². The number of amides is 1. The number of nitrogens with one attached hydrogen (secondary N) is 9. The molecule has 0 aromatic carbocycles. The van der Waals surface area contributed by atoms with Crippen LogP contribution in [0.15, 0.2) is 97.1 Å². The van der Waals surface area contributed by atoms with Crippen LogP contribution in [0.3, 0.4) is 0 Å². The van der Waals surface area contributed by atoms with Crippen LogP contribution in [0.1, 0.15) is 242 Å². The third-order valence-corrected chi connectivity index (χ3v) is 20.0. The zero-order chi connectivity index (χ0) is 58.6. The quantitative estimate of drug-likeness (QED) is 0.0688. The van der Waals surface area contributed by atoms with Gasteiger partial charge in [0.05, 0.1) is 16.2 Å². The molecule has 2 aliphatic heterocycles. The topological polar surface area (TPSA) is 182 Å². The predicted molar refractivity (Wildman–Crippen MR) is 324 cm³/mol. The Morgan fingerprint density at radius 3 is 0.775 bits per heavy atom. The molecule has 1 amide bonds. The van der Waals surface area contributed by atoms with Gasteiger partial charge in [-0.3, -0.25) is 9.59 Å². The fraction of sp³-hybridized carbons (Fsp3) is 0.500. The molecular formula is C68H93N9O3. The highest BCUT2D eigenvalue weighted by Crippen LogP contribution is 2.44. The maximum absolute atomic E-state index is 13.2. The molecule has 12 heteroatoms. The molecule has 0 aliphatic carbocycles. The minimum Gasteiger partial charge on any atom is -0.464 e. The van der Waals surface area contributed by atoms with Crippen LogP contribution in [-0.4, -0.2) is 64.9 Å². The summed E-state index contributed by atoms with van der Waals surface area (Å²) in [6.07, 6.45) is 1.50. The molecule has 80 heavy (non-hydrogen) atoms. The van der Waals surface area contributed by atoms with Gasteiger partial charge in [-0.25, -0.2) is 0 Å². The van der Waals surface area contributed by atoms with E-state index in [-0.39, 0.29) is 51.0 Å². The van der Waals surface area contributed by atoms with E-state index >= 15 is 0 Å². The Labute approximate surface area is 476 Å². The highest BCUT2D eigenvalue weighted by atomic mass is 16.5. The standard InChI is InChI=1S/C34H47N5O.C34H46N4O2/c1-11-30(2,3)29(40)35-20-34(10)27-18-16-25(38-27)32(6,7)23-14-12-21(36-23)31(4,5)22-13-15-24(37-22)33(8,9)26-17-19-28(34)39-26;1-11-30(2,3)29(39)40-20-34(10)27-18-16-25(37-27)32(6,7)23-14-12-21(35-23)31(4,5)22-13-15-24(36-22)33(8,9)26-17-19-28(34)38-26/h12-19,36-39H,11,20H2,1-10H3,(H,35,40);12-19,35-38H,11,20H2,1-10H3. The second-order valence-corrected chi connectivity index (χ2v) is 28.4. The molecule has 428 valence electrons. The summed E-state index contributed by atoms with van der Waals surface area (Å²) in [4.78, 5) is 56.5. The van der Waals surface area contributed by atoms with E-state index in [0.29, 0.717) is 6.54 Å². The van der Waals surface area contributed by atoms with Crippen molar-refractivity contribution in [2.75, 3.05) is 13.2 Å². The molecule has 0 fully saturated rings. The molecule has 0 saturated heterocycles. The SMILES string of the molecule is CCC(C)(C)C(=O)NCC1(C)c2ccc([nH]2)C(C)(C)c2ccc([nH]2)C(C)(C)c2ccc([nH]2)C(C)(C)c2ccc1[nH]2.CCC(C)(C)C(=O)OCC1(C)c2ccc([nH]2)C(C)(C)c2ccc([nH]2)C(C)(C)c2ccc([nH]2)C(C)(C)c2ccc1[nH]2. The van der Waals surface area contributed by atoms with Crippen LogP contribution in [0, 0.1) is 10.8 Å². The number of ether oxygens (including phenoxy) is 1. The smallest absolute Gasteiger partial charge is 0.311 e. The van der Waals surface area contributed by atoms with Gasteiger partial charge in [-0.05, 0) is 221 Å². The lowest BCUT2D eigenvalue weighted by molar-refractivity contribution is -0.155.